The summed E-state index contributed by atoms with van der Waals surface area (Å²) in [6.07, 6.45) is -1.97. The van der Waals surface area contributed by atoms with Crippen molar-refractivity contribution in [2.75, 3.05) is 18.4 Å². The third-order valence-electron chi connectivity index (χ3n) is 5.15. The molecular formula is C21H19BrF3N3O3. The first-order valence-electron chi connectivity index (χ1n) is 9.56. The summed E-state index contributed by atoms with van der Waals surface area (Å²) in [4.78, 5) is 23.2. The fourth-order valence-corrected chi connectivity index (χ4v) is 3.89. The van der Waals surface area contributed by atoms with Gasteiger partial charge < -0.3 is 4.84 Å². The van der Waals surface area contributed by atoms with Gasteiger partial charge in [0.05, 0.1) is 11.3 Å². The number of nitrogens with zero attached hydrogens (tertiary/aromatic N) is 1. The second-order valence-electron chi connectivity index (χ2n) is 7.35. The number of hydrogen-bond donors (Lipinski definition) is 2. The van der Waals surface area contributed by atoms with Gasteiger partial charge in [0.1, 0.15) is 5.60 Å². The van der Waals surface area contributed by atoms with Gasteiger partial charge in [-0.1, -0.05) is 34.1 Å². The van der Waals surface area contributed by atoms with Crippen LogP contribution in [0.2, 0.25) is 0 Å². The zero-order valence-electron chi connectivity index (χ0n) is 16.2. The lowest BCUT2D eigenvalue weighted by atomic mass is 9.91. The molecule has 0 radical (unpaired) electrons. The summed E-state index contributed by atoms with van der Waals surface area (Å²) in [5.41, 5.74) is 3.37. The quantitative estimate of drug-likeness (QED) is 0.599. The molecule has 2 aromatic carbocycles. The highest BCUT2D eigenvalue weighted by Gasteiger charge is 2.40. The lowest BCUT2D eigenvalue weighted by molar-refractivity contribution is -0.153. The Labute approximate surface area is 185 Å². The second-order valence-corrected chi connectivity index (χ2v) is 8.26. The molecule has 2 N–H and O–H groups in total. The van der Waals surface area contributed by atoms with Crippen LogP contribution in [0.1, 0.15) is 24.0 Å². The van der Waals surface area contributed by atoms with Crippen LogP contribution in [0.4, 0.5) is 23.7 Å². The average molecular weight is 498 g/mol. The predicted octanol–water partition coefficient (Wildman–Crippen LogP) is 5.34. The number of benzene rings is 2. The first kappa shape index (κ1) is 21.7. The number of hydroxylamine groups is 3. The van der Waals surface area contributed by atoms with E-state index in [4.69, 9.17) is 9.68 Å². The zero-order chi connectivity index (χ0) is 22.1. The molecule has 10 heteroatoms. The van der Waals surface area contributed by atoms with E-state index in [2.05, 4.69) is 26.7 Å². The molecule has 0 unspecified atom stereocenters. The molecule has 2 aliphatic rings. The SMILES string of the molecule is O=C(Nc1cccc(Br)c1)ON1CCC2(C=C(c3ccc(C(F)(F)F)cc3)NO2)CC1. The van der Waals surface area contributed by atoms with Crippen molar-refractivity contribution in [1.29, 1.82) is 0 Å². The maximum Gasteiger partial charge on any atom is 0.430 e. The van der Waals surface area contributed by atoms with Crippen molar-refractivity contribution in [3.8, 4) is 0 Å². The summed E-state index contributed by atoms with van der Waals surface area (Å²) in [5.74, 6) is 0. The van der Waals surface area contributed by atoms with E-state index < -0.39 is 23.4 Å². The highest BCUT2D eigenvalue weighted by atomic mass is 79.9. The van der Waals surface area contributed by atoms with Crippen molar-refractivity contribution >= 4 is 33.4 Å². The summed E-state index contributed by atoms with van der Waals surface area (Å²) in [6, 6.07) is 12.1. The van der Waals surface area contributed by atoms with Crippen molar-refractivity contribution in [2.45, 2.75) is 24.6 Å². The number of rotatable bonds is 3. The minimum atomic E-state index is -4.37. The van der Waals surface area contributed by atoms with Gasteiger partial charge in [-0.3, -0.25) is 15.6 Å². The molecular weight excluding hydrogens is 479 g/mol. The van der Waals surface area contributed by atoms with Gasteiger partial charge in [-0.2, -0.15) is 13.2 Å². The second kappa shape index (κ2) is 8.52. The van der Waals surface area contributed by atoms with Crippen LogP contribution in [0.15, 0.2) is 59.1 Å². The number of nitrogens with one attached hydrogen (secondary N) is 2. The molecule has 1 spiro atoms. The number of piperidine rings is 1. The molecule has 4 rings (SSSR count). The summed E-state index contributed by atoms with van der Waals surface area (Å²) in [5, 5.41) is 4.23. The number of alkyl halides is 3. The Morgan fingerprint density at radius 2 is 1.87 bits per heavy atom. The molecule has 1 saturated heterocycles. The van der Waals surface area contributed by atoms with Gasteiger partial charge in [0, 0.05) is 23.2 Å². The van der Waals surface area contributed by atoms with E-state index >= 15 is 0 Å². The number of amides is 1. The van der Waals surface area contributed by atoms with Crippen molar-refractivity contribution < 1.29 is 27.6 Å². The van der Waals surface area contributed by atoms with Gasteiger partial charge in [0.25, 0.3) is 0 Å². The fourth-order valence-electron chi connectivity index (χ4n) is 3.49. The maximum atomic E-state index is 12.7. The maximum absolute atomic E-state index is 12.7. The number of hydrogen-bond acceptors (Lipinski definition) is 5. The van der Waals surface area contributed by atoms with Gasteiger partial charge >= 0.3 is 12.3 Å². The Balaban J connectivity index is 1.33. The lowest BCUT2D eigenvalue weighted by Gasteiger charge is -2.35. The van der Waals surface area contributed by atoms with Crippen molar-refractivity contribution in [3.05, 3.63) is 70.2 Å². The van der Waals surface area contributed by atoms with Crippen LogP contribution in [0.5, 0.6) is 0 Å². The third-order valence-corrected chi connectivity index (χ3v) is 5.64. The Kier molecular flexibility index (Phi) is 5.96. The van der Waals surface area contributed by atoms with Crippen LogP contribution in [0.25, 0.3) is 5.70 Å². The summed E-state index contributed by atoms with van der Waals surface area (Å²) in [6.45, 7) is 0.898. The molecule has 6 nitrogen and oxygen atoms in total. The number of carbonyl (C=O) groups is 1. The summed E-state index contributed by atoms with van der Waals surface area (Å²) >= 11 is 3.34. The Morgan fingerprint density at radius 3 is 2.52 bits per heavy atom. The largest absolute Gasteiger partial charge is 0.430 e. The molecule has 0 atom stereocenters. The molecule has 0 aromatic heterocycles. The molecule has 31 heavy (non-hydrogen) atoms. The van der Waals surface area contributed by atoms with Crippen LogP contribution < -0.4 is 10.8 Å². The smallest absolute Gasteiger partial charge is 0.351 e. The van der Waals surface area contributed by atoms with E-state index in [1.807, 2.05) is 12.1 Å². The molecule has 2 heterocycles. The van der Waals surface area contributed by atoms with Crippen LogP contribution in [-0.4, -0.2) is 29.8 Å². The highest BCUT2D eigenvalue weighted by Crippen LogP contribution is 2.36. The van der Waals surface area contributed by atoms with E-state index in [-0.39, 0.29) is 0 Å². The molecule has 0 aliphatic carbocycles. The van der Waals surface area contributed by atoms with Gasteiger partial charge in [-0.15, -0.1) is 5.06 Å². The van der Waals surface area contributed by atoms with E-state index in [9.17, 15) is 18.0 Å². The zero-order valence-corrected chi connectivity index (χ0v) is 17.8. The van der Waals surface area contributed by atoms with Gasteiger partial charge in [-0.25, -0.2) is 4.79 Å². The normalized spacial score (nSPS) is 18.4. The molecule has 0 saturated carbocycles. The van der Waals surface area contributed by atoms with Crippen LogP contribution in [0, 0.1) is 0 Å². The number of halogens is 4. The first-order valence-corrected chi connectivity index (χ1v) is 10.4. The molecule has 1 fully saturated rings. The Morgan fingerprint density at radius 1 is 1.16 bits per heavy atom. The Hall–Kier alpha value is -2.56. The van der Waals surface area contributed by atoms with Crippen LogP contribution in [0.3, 0.4) is 0 Å². The topological polar surface area (TPSA) is 62.8 Å². The molecule has 1 amide bonds. The predicted molar refractivity (Wildman–Crippen MR) is 111 cm³/mol. The van der Waals surface area contributed by atoms with Crippen LogP contribution in [-0.2, 0) is 15.9 Å². The Bertz CT molecular complexity index is 987. The standard InChI is InChI=1S/C21H19BrF3N3O3/c22-16-2-1-3-17(12-16)26-19(29)30-28-10-8-20(9-11-28)13-18(27-31-20)14-4-6-15(7-5-14)21(23,24)25/h1-7,12-13,27H,8-11H2,(H,26,29). The number of carbonyl (C=O) groups excluding carboxylic acids is 1. The first-order chi connectivity index (χ1) is 14.7. The average Bonchev–Trinajstić information content (AvgIpc) is 3.13. The third kappa shape index (κ3) is 5.20. The summed E-state index contributed by atoms with van der Waals surface area (Å²) < 4.78 is 39.1. The van der Waals surface area contributed by atoms with Gasteiger partial charge in [-0.05, 0) is 54.8 Å². The van der Waals surface area contributed by atoms with Gasteiger partial charge in [0.2, 0.25) is 0 Å². The van der Waals surface area contributed by atoms with Crippen molar-refractivity contribution in [3.63, 3.8) is 0 Å². The van der Waals surface area contributed by atoms with E-state index in [1.54, 1.807) is 23.3 Å². The minimum Gasteiger partial charge on any atom is -0.351 e. The molecule has 164 valence electrons. The van der Waals surface area contributed by atoms with Crippen molar-refractivity contribution in [2.24, 2.45) is 0 Å². The number of anilines is 1. The molecule has 0 bridgehead atoms. The highest BCUT2D eigenvalue weighted by molar-refractivity contribution is 9.10. The fraction of sp³-hybridized carbons (Fsp3) is 0.286. The summed E-state index contributed by atoms with van der Waals surface area (Å²) in [7, 11) is 0. The minimum absolute atomic E-state index is 0.449. The van der Waals surface area contributed by atoms with Gasteiger partial charge in [0.15, 0.2) is 0 Å². The monoisotopic (exact) mass is 497 g/mol. The molecule has 2 aliphatic heterocycles. The van der Waals surface area contributed by atoms with E-state index in [1.165, 1.54) is 12.1 Å². The van der Waals surface area contributed by atoms with Crippen LogP contribution >= 0.6 is 15.9 Å². The van der Waals surface area contributed by atoms with E-state index in [0.717, 1.165) is 16.6 Å². The van der Waals surface area contributed by atoms with E-state index in [0.29, 0.717) is 42.9 Å². The van der Waals surface area contributed by atoms with Crippen molar-refractivity contribution in [1.82, 2.24) is 10.5 Å². The lowest BCUT2D eigenvalue weighted by Crippen LogP contribution is -2.45. The molecule has 2 aromatic rings.